The number of likely N-dealkylation sites (N-methyl/N-ethyl adjacent to an activating group) is 1. The van der Waals surface area contributed by atoms with Crippen LogP contribution in [-0.2, 0) is 13.0 Å². The van der Waals surface area contributed by atoms with Gasteiger partial charge < -0.3 is 5.32 Å². The van der Waals surface area contributed by atoms with Gasteiger partial charge in [-0.05, 0) is 55.4 Å². The molecule has 0 aromatic heterocycles. The van der Waals surface area contributed by atoms with Crippen molar-refractivity contribution in [3.63, 3.8) is 0 Å². The SMILES string of the molecule is CCNCCc1ccccc1CN1CCCC(C)(C)C1. The quantitative estimate of drug-likeness (QED) is 0.799. The van der Waals surface area contributed by atoms with Gasteiger partial charge in [0.1, 0.15) is 0 Å². The van der Waals surface area contributed by atoms with Gasteiger partial charge in [0, 0.05) is 13.1 Å². The third-order valence-electron chi connectivity index (χ3n) is 4.31. The van der Waals surface area contributed by atoms with Crippen molar-refractivity contribution >= 4 is 0 Å². The Morgan fingerprint density at radius 3 is 2.65 bits per heavy atom. The zero-order valence-corrected chi connectivity index (χ0v) is 13.4. The molecule has 1 saturated heterocycles. The molecule has 1 heterocycles. The van der Waals surface area contributed by atoms with Crippen molar-refractivity contribution in [1.29, 1.82) is 0 Å². The Labute approximate surface area is 124 Å². The zero-order chi connectivity index (χ0) is 14.4. The minimum Gasteiger partial charge on any atom is -0.317 e. The predicted molar refractivity (Wildman–Crippen MR) is 87.0 cm³/mol. The second-order valence-corrected chi connectivity index (χ2v) is 6.85. The minimum atomic E-state index is 0.483. The van der Waals surface area contributed by atoms with E-state index in [1.165, 1.54) is 37.1 Å². The van der Waals surface area contributed by atoms with Crippen molar-refractivity contribution in [2.24, 2.45) is 5.41 Å². The van der Waals surface area contributed by atoms with Gasteiger partial charge in [-0.1, -0.05) is 45.0 Å². The molecule has 0 saturated carbocycles. The van der Waals surface area contributed by atoms with Crippen molar-refractivity contribution in [3.05, 3.63) is 35.4 Å². The summed E-state index contributed by atoms with van der Waals surface area (Å²) in [6.07, 6.45) is 3.85. The molecule has 0 amide bonds. The van der Waals surface area contributed by atoms with Gasteiger partial charge in [0.05, 0.1) is 0 Å². The lowest BCUT2D eigenvalue weighted by Gasteiger charge is -2.38. The summed E-state index contributed by atoms with van der Waals surface area (Å²) in [6.45, 7) is 12.7. The molecular formula is C18H30N2. The lowest BCUT2D eigenvalue weighted by atomic mass is 9.84. The highest BCUT2D eigenvalue weighted by atomic mass is 15.1. The molecule has 112 valence electrons. The van der Waals surface area contributed by atoms with Crippen molar-refractivity contribution < 1.29 is 0 Å². The number of likely N-dealkylation sites (tertiary alicyclic amines) is 1. The molecule has 1 aliphatic rings. The van der Waals surface area contributed by atoms with Gasteiger partial charge in [-0.3, -0.25) is 4.90 Å². The smallest absolute Gasteiger partial charge is 0.0236 e. The molecule has 2 rings (SSSR count). The maximum absolute atomic E-state index is 3.43. The second-order valence-electron chi connectivity index (χ2n) is 6.85. The van der Waals surface area contributed by atoms with Gasteiger partial charge in [0.2, 0.25) is 0 Å². The predicted octanol–water partition coefficient (Wildman–Crippen LogP) is 3.46. The van der Waals surface area contributed by atoms with Crippen LogP contribution >= 0.6 is 0 Å². The summed E-state index contributed by atoms with van der Waals surface area (Å²) in [5.41, 5.74) is 3.51. The van der Waals surface area contributed by atoms with Gasteiger partial charge >= 0.3 is 0 Å². The van der Waals surface area contributed by atoms with Crippen molar-refractivity contribution in [3.8, 4) is 0 Å². The van der Waals surface area contributed by atoms with Gasteiger partial charge in [-0.2, -0.15) is 0 Å². The van der Waals surface area contributed by atoms with E-state index >= 15 is 0 Å². The maximum Gasteiger partial charge on any atom is 0.0236 e. The van der Waals surface area contributed by atoms with E-state index < -0.39 is 0 Å². The Morgan fingerprint density at radius 1 is 1.20 bits per heavy atom. The summed E-state index contributed by atoms with van der Waals surface area (Å²) in [7, 11) is 0. The second kappa shape index (κ2) is 7.24. The lowest BCUT2D eigenvalue weighted by molar-refractivity contribution is 0.111. The summed E-state index contributed by atoms with van der Waals surface area (Å²) >= 11 is 0. The summed E-state index contributed by atoms with van der Waals surface area (Å²) < 4.78 is 0. The normalized spacial score (nSPS) is 19.1. The Kier molecular flexibility index (Phi) is 5.62. The number of piperidine rings is 1. The molecule has 0 radical (unpaired) electrons. The van der Waals surface area contributed by atoms with Crippen LogP contribution in [0.3, 0.4) is 0 Å². The maximum atomic E-state index is 3.43. The highest BCUT2D eigenvalue weighted by molar-refractivity contribution is 5.27. The molecule has 0 bridgehead atoms. The van der Waals surface area contributed by atoms with E-state index in [0.29, 0.717) is 5.41 Å². The fraction of sp³-hybridized carbons (Fsp3) is 0.667. The highest BCUT2D eigenvalue weighted by Gasteiger charge is 2.26. The molecule has 0 spiro atoms. The largest absolute Gasteiger partial charge is 0.317 e. The van der Waals surface area contributed by atoms with E-state index in [4.69, 9.17) is 0 Å². The van der Waals surface area contributed by atoms with Crippen LogP contribution in [0.15, 0.2) is 24.3 Å². The fourth-order valence-corrected chi connectivity index (χ4v) is 3.28. The molecule has 0 unspecified atom stereocenters. The summed E-state index contributed by atoms with van der Waals surface area (Å²) in [6, 6.07) is 8.96. The number of nitrogens with zero attached hydrogens (tertiary/aromatic N) is 1. The first-order valence-electron chi connectivity index (χ1n) is 8.10. The van der Waals surface area contributed by atoms with Crippen LogP contribution in [0.5, 0.6) is 0 Å². The van der Waals surface area contributed by atoms with Gasteiger partial charge in [0.15, 0.2) is 0 Å². The Morgan fingerprint density at radius 2 is 1.95 bits per heavy atom. The van der Waals surface area contributed by atoms with E-state index in [1.807, 2.05) is 0 Å². The number of hydrogen-bond acceptors (Lipinski definition) is 2. The van der Waals surface area contributed by atoms with E-state index in [2.05, 4.69) is 55.3 Å². The van der Waals surface area contributed by atoms with Crippen LogP contribution in [-0.4, -0.2) is 31.1 Å². The number of hydrogen-bond donors (Lipinski definition) is 1. The van der Waals surface area contributed by atoms with Crippen LogP contribution in [0.4, 0.5) is 0 Å². The average molecular weight is 274 g/mol. The number of nitrogens with one attached hydrogen (secondary N) is 1. The first kappa shape index (κ1) is 15.5. The molecule has 1 aromatic carbocycles. The summed E-state index contributed by atoms with van der Waals surface area (Å²) in [5, 5.41) is 3.43. The van der Waals surface area contributed by atoms with E-state index in [0.717, 1.165) is 26.1 Å². The van der Waals surface area contributed by atoms with E-state index in [-0.39, 0.29) is 0 Å². The first-order chi connectivity index (χ1) is 9.61. The van der Waals surface area contributed by atoms with Crippen LogP contribution in [0.2, 0.25) is 0 Å². The Bertz CT molecular complexity index is 412. The van der Waals surface area contributed by atoms with Gasteiger partial charge in [-0.25, -0.2) is 0 Å². The molecule has 2 heteroatoms. The molecule has 2 nitrogen and oxygen atoms in total. The fourth-order valence-electron chi connectivity index (χ4n) is 3.28. The molecule has 20 heavy (non-hydrogen) atoms. The van der Waals surface area contributed by atoms with Crippen LogP contribution in [0, 0.1) is 5.41 Å². The van der Waals surface area contributed by atoms with E-state index in [1.54, 1.807) is 0 Å². The molecule has 1 N–H and O–H groups in total. The zero-order valence-electron chi connectivity index (χ0n) is 13.4. The Hall–Kier alpha value is -0.860. The lowest BCUT2D eigenvalue weighted by Crippen LogP contribution is -2.39. The number of rotatable bonds is 6. The summed E-state index contributed by atoms with van der Waals surface area (Å²) in [5.74, 6) is 0. The molecule has 0 atom stereocenters. The van der Waals surface area contributed by atoms with Gasteiger partial charge in [0.25, 0.3) is 0 Å². The first-order valence-corrected chi connectivity index (χ1v) is 8.10. The van der Waals surface area contributed by atoms with Crippen molar-refractivity contribution in [1.82, 2.24) is 10.2 Å². The van der Waals surface area contributed by atoms with Crippen LogP contribution in [0.1, 0.15) is 44.7 Å². The summed E-state index contributed by atoms with van der Waals surface area (Å²) in [4.78, 5) is 2.63. The minimum absolute atomic E-state index is 0.483. The van der Waals surface area contributed by atoms with Crippen LogP contribution < -0.4 is 5.32 Å². The molecule has 0 aliphatic carbocycles. The molecule has 1 aromatic rings. The topological polar surface area (TPSA) is 15.3 Å². The third-order valence-corrected chi connectivity index (χ3v) is 4.31. The average Bonchev–Trinajstić information content (AvgIpc) is 2.40. The molecular weight excluding hydrogens is 244 g/mol. The monoisotopic (exact) mass is 274 g/mol. The van der Waals surface area contributed by atoms with E-state index in [9.17, 15) is 0 Å². The van der Waals surface area contributed by atoms with Crippen LogP contribution in [0.25, 0.3) is 0 Å². The van der Waals surface area contributed by atoms with Gasteiger partial charge in [-0.15, -0.1) is 0 Å². The van der Waals surface area contributed by atoms with Crippen molar-refractivity contribution in [2.75, 3.05) is 26.2 Å². The van der Waals surface area contributed by atoms with Crippen molar-refractivity contribution in [2.45, 2.75) is 46.6 Å². The Balaban J connectivity index is 1.97. The standard InChI is InChI=1S/C18H30N2/c1-4-19-12-10-16-8-5-6-9-17(16)14-20-13-7-11-18(2,3)15-20/h5-6,8-9,19H,4,7,10-15H2,1-3H3. The third kappa shape index (κ3) is 4.60. The highest BCUT2D eigenvalue weighted by Crippen LogP contribution is 2.29. The molecule has 1 fully saturated rings. The number of benzene rings is 1. The molecule has 1 aliphatic heterocycles.